The molecule has 1 fully saturated rings. The minimum atomic E-state index is -1.55. The molecule has 3 heterocycles. The highest BCUT2D eigenvalue weighted by molar-refractivity contribution is 5.68. The van der Waals surface area contributed by atoms with Gasteiger partial charge in [-0.05, 0) is 39.8 Å². The van der Waals surface area contributed by atoms with Gasteiger partial charge in [-0.25, -0.2) is 9.18 Å². The Labute approximate surface area is 151 Å². The summed E-state index contributed by atoms with van der Waals surface area (Å²) in [5.74, 6) is 0.641. The van der Waals surface area contributed by atoms with Crippen LogP contribution in [0.2, 0.25) is 0 Å². The predicted octanol–water partition coefficient (Wildman–Crippen LogP) is 1.91. The van der Waals surface area contributed by atoms with Crippen molar-refractivity contribution in [1.82, 2.24) is 29.6 Å². The first-order valence-corrected chi connectivity index (χ1v) is 8.67. The van der Waals surface area contributed by atoms with Gasteiger partial charge in [0.05, 0.1) is 13.1 Å². The number of aromatic nitrogens is 4. The van der Waals surface area contributed by atoms with Gasteiger partial charge in [0, 0.05) is 25.8 Å². The Morgan fingerprint density at radius 3 is 2.81 bits per heavy atom. The summed E-state index contributed by atoms with van der Waals surface area (Å²) in [6, 6.07) is 3.60. The van der Waals surface area contributed by atoms with E-state index in [2.05, 4.69) is 15.3 Å². The highest BCUT2D eigenvalue weighted by Gasteiger charge is 2.36. The molecule has 1 amide bonds. The number of ether oxygens (including phenoxy) is 1. The third-order valence-corrected chi connectivity index (χ3v) is 4.02. The van der Waals surface area contributed by atoms with E-state index >= 15 is 4.39 Å². The fraction of sp³-hybridized carbons (Fsp3) is 0.647. The van der Waals surface area contributed by atoms with E-state index in [4.69, 9.17) is 4.74 Å². The largest absolute Gasteiger partial charge is 0.444 e. The lowest BCUT2D eigenvalue weighted by molar-refractivity contribution is 0.0165. The van der Waals surface area contributed by atoms with E-state index in [0.717, 1.165) is 0 Å². The molecule has 1 saturated heterocycles. The summed E-state index contributed by atoms with van der Waals surface area (Å²) in [7, 11) is 0. The Kier molecular flexibility index (Phi) is 4.83. The number of amides is 1. The van der Waals surface area contributed by atoms with Crippen LogP contribution >= 0.6 is 0 Å². The van der Waals surface area contributed by atoms with Crippen LogP contribution in [0.3, 0.4) is 0 Å². The maximum atomic E-state index is 15.0. The van der Waals surface area contributed by atoms with Crippen LogP contribution in [0.5, 0.6) is 0 Å². The SMILES string of the molecule is CC1(F)CN(Cc2nnc3cccnn23)CCN(C(=O)OC(C)(C)C)C1. The summed E-state index contributed by atoms with van der Waals surface area (Å²) in [5, 5.41) is 12.5. The molecule has 26 heavy (non-hydrogen) atoms. The number of rotatable bonds is 2. The third kappa shape index (κ3) is 4.46. The summed E-state index contributed by atoms with van der Waals surface area (Å²) in [6.07, 6.45) is 1.17. The third-order valence-electron chi connectivity index (χ3n) is 4.02. The second-order valence-electron chi connectivity index (χ2n) is 7.94. The van der Waals surface area contributed by atoms with E-state index in [9.17, 15) is 4.79 Å². The maximum Gasteiger partial charge on any atom is 0.410 e. The number of carbonyl (C=O) groups excluding carboxylic acids is 1. The number of carbonyl (C=O) groups is 1. The van der Waals surface area contributed by atoms with Crippen LogP contribution in [0, 0.1) is 0 Å². The average molecular weight is 364 g/mol. The summed E-state index contributed by atoms with van der Waals surface area (Å²) in [4.78, 5) is 15.7. The number of nitrogens with zero attached hydrogens (tertiary/aromatic N) is 6. The van der Waals surface area contributed by atoms with Gasteiger partial charge in [-0.2, -0.15) is 9.61 Å². The Balaban J connectivity index is 1.72. The quantitative estimate of drug-likeness (QED) is 0.810. The first-order valence-electron chi connectivity index (χ1n) is 8.67. The molecule has 1 unspecified atom stereocenters. The topological polar surface area (TPSA) is 75.9 Å². The Morgan fingerprint density at radius 2 is 2.08 bits per heavy atom. The zero-order valence-corrected chi connectivity index (χ0v) is 15.6. The average Bonchev–Trinajstić information content (AvgIpc) is 2.84. The fourth-order valence-corrected chi connectivity index (χ4v) is 3.04. The van der Waals surface area contributed by atoms with E-state index in [0.29, 0.717) is 31.1 Å². The molecule has 2 aromatic rings. The summed E-state index contributed by atoms with van der Waals surface area (Å²) in [6.45, 7) is 8.39. The van der Waals surface area contributed by atoms with Gasteiger partial charge >= 0.3 is 6.09 Å². The normalized spacial score (nSPS) is 22.4. The van der Waals surface area contributed by atoms with Crippen molar-refractivity contribution in [3.8, 4) is 0 Å². The lowest BCUT2D eigenvalue weighted by Gasteiger charge is -2.29. The molecule has 1 aliphatic heterocycles. The van der Waals surface area contributed by atoms with Gasteiger partial charge in [-0.1, -0.05) is 0 Å². The molecule has 0 saturated carbocycles. The van der Waals surface area contributed by atoms with Gasteiger partial charge in [0.2, 0.25) is 0 Å². The van der Waals surface area contributed by atoms with Crippen LogP contribution in [0.1, 0.15) is 33.5 Å². The number of alkyl halides is 1. The van der Waals surface area contributed by atoms with Crippen molar-refractivity contribution in [2.45, 2.75) is 45.5 Å². The molecule has 0 bridgehead atoms. The molecular formula is C17H25FN6O2. The molecule has 3 rings (SSSR count). The summed E-state index contributed by atoms with van der Waals surface area (Å²) < 4.78 is 22.1. The van der Waals surface area contributed by atoms with E-state index in [1.807, 2.05) is 11.0 Å². The molecule has 2 aromatic heterocycles. The molecule has 1 aliphatic rings. The Bertz CT molecular complexity index is 785. The van der Waals surface area contributed by atoms with E-state index in [1.165, 1.54) is 11.8 Å². The standard InChI is InChI=1S/C17H25FN6O2/c1-16(2,3)26-15(25)23-9-8-22(11-17(4,18)12-23)10-14-21-20-13-6-5-7-19-24(13)14/h5-7H,8-12H2,1-4H3. The van der Waals surface area contributed by atoms with Crippen molar-refractivity contribution in [3.63, 3.8) is 0 Å². The van der Waals surface area contributed by atoms with Crippen molar-refractivity contribution in [1.29, 1.82) is 0 Å². The molecule has 0 radical (unpaired) electrons. The molecule has 8 nitrogen and oxygen atoms in total. The van der Waals surface area contributed by atoms with Gasteiger partial charge in [0.15, 0.2) is 11.5 Å². The fourth-order valence-electron chi connectivity index (χ4n) is 3.04. The van der Waals surface area contributed by atoms with Crippen molar-refractivity contribution in [2.24, 2.45) is 0 Å². The van der Waals surface area contributed by atoms with Gasteiger partial charge in [0.1, 0.15) is 11.3 Å². The van der Waals surface area contributed by atoms with Crippen molar-refractivity contribution < 1.29 is 13.9 Å². The monoisotopic (exact) mass is 364 g/mol. The van der Waals surface area contributed by atoms with Gasteiger partial charge in [0.25, 0.3) is 0 Å². The first-order chi connectivity index (χ1) is 12.1. The second-order valence-corrected chi connectivity index (χ2v) is 7.94. The molecule has 0 spiro atoms. The molecule has 1 atom stereocenters. The van der Waals surface area contributed by atoms with Gasteiger partial charge in [-0.3, -0.25) is 4.90 Å². The molecular weight excluding hydrogens is 339 g/mol. The van der Waals surface area contributed by atoms with Crippen molar-refractivity contribution >= 4 is 11.7 Å². The minimum absolute atomic E-state index is 0.00273. The van der Waals surface area contributed by atoms with Crippen LogP contribution in [0.25, 0.3) is 5.65 Å². The number of hydrogen-bond donors (Lipinski definition) is 0. The van der Waals surface area contributed by atoms with Crippen LogP contribution in [-0.4, -0.2) is 73.2 Å². The minimum Gasteiger partial charge on any atom is -0.444 e. The number of fused-ring (bicyclic) bond motifs is 1. The van der Waals surface area contributed by atoms with Crippen LogP contribution < -0.4 is 0 Å². The van der Waals surface area contributed by atoms with E-state index < -0.39 is 17.4 Å². The van der Waals surface area contributed by atoms with Crippen molar-refractivity contribution in [2.75, 3.05) is 26.2 Å². The van der Waals surface area contributed by atoms with Crippen LogP contribution in [0.4, 0.5) is 9.18 Å². The molecule has 142 valence electrons. The van der Waals surface area contributed by atoms with Crippen molar-refractivity contribution in [3.05, 3.63) is 24.2 Å². The summed E-state index contributed by atoms with van der Waals surface area (Å²) in [5.41, 5.74) is -1.51. The Morgan fingerprint density at radius 1 is 1.31 bits per heavy atom. The highest BCUT2D eigenvalue weighted by atomic mass is 19.1. The van der Waals surface area contributed by atoms with Gasteiger partial charge in [-0.15, -0.1) is 10.2 Å². The summed E-state index contributed by atoms with van der Waals surface area (Å²) >= 11 is 0. The lowest BCUT2D eigenvalue weighted by atomic mass is 10.1. The molecule has 0 N–H and O–H groups in total. The molecule has 0 aliphatic carbocycles. The molecule has 9 heteroatoms. The predicted molar refractivity (Wildman–Crippen MR) is 93.4 cm³/mol. The Hall–Kier alpha value is -2.29. The smallest absolute Gasteiger partial charge is 0.410 e. The maximum absolute atomic E-state index is 15.0. The van der Waals surface area contributed by atoms with Gasteiger partial charge < -0.3 is 9.64 Å². The molecule has 0 aromatic carbocycles. The van der Waals surface area contributed by atoms with E-state index in [1.54, 1.807) is 37.5 Å². The first kappa shape index (κ1) is 18.5. The zero-order valence-electron chi connectivity index (χ0n) is 15.6. The number of hydrogen-bond acceptors (Lipinski definition) is 6. The van der Waals surface area contributed by atoms with Crippen LogP contribution in [0.15, 0.2) is 18.3 Å². The van der Waals surface area contributed by atoms with E-state index in [-0.39, 0.29) is 13.1 Å². The highest BCUT2D eigenvalue weighted by Crippen LogP contribution is 2.21. The zero-order chi connectivity index (χ0) is 18.9. The second kappa shape index (κ2) is 6.79. The van der Waals surface area contributed by atoms with Crippen LogP contribution in [-0.2, 0) is 11.3 Å². The lowest BCUT2D eigenvalue weighted by Crippen LogP contribution is -2.44. The number of halogens is 1.